The average molecular weight is 352 g/mol. The first kappa shape index (κ1) is 15.1. The fourth-order valence-electron chi connectivity index (χ4n) is 2.57. The third kappa shape index (κ3) is 2.09. The van der Waals surface area contributed by atoms with Crippen molar-refractivity contribution < 1.29 is 13.2 Å². The maximum Gasteiger partial charge on any atom is 0.435 e. The molecule has 0 amide bonds. The maximum atomic E-state index is 12.8. The number of nitrogens with zero attached hydrogens (tertiary/aromatic N) is 6. The van der Waals surface area contributed by atoms with Gasteiger partial charge in [0, 0.05) is 11.9 Å². The van der Waals surface area contributed by atoms with Crippen LogP contribution in [0.5, 0.6) is 0 Å². The number of thiophene rings is 1. The Morgan fingerprint density at radius 1 is 1.17 bits per heavy atom. The normalized spacial score (nSPS) is 12.6. The summed E-state index contributed by atoms with van der Waals surface area (Å²) in [5.41, 5.74) is 0.855. The van der Waals surface area contributed by atoms with Gasteiger partial charge in [-0.1, -0.05) is 0 Å². The third-order valence-corrected chi connectivity index (χ3v) is 5.02. The van der Waals surface area contributed by atoms with Crippen LogP contribution < -0.4 is 0 Å². The molecule has 0 bridgehead atoms. The molecule has 0 aromatic carbocycles. The van der Waals surface area contributed by atoms with Crippen LogP contribution in [0.4, 0.5) is 13.2 Å². The molecule has 6 nitrogen and oxygen atoms in total. The Labute approximate surface area is 137 Å². The first-order valence-electron chi connectivity index (χ1n) is 6.98. The van der Waals surface area contributed by atoms with Gasteiger partial charge in [0.2, 0.25) is 0 Å². The van der Waals surface area contributed by atoms with Crippen LogP contribution in [0, 0.1) is 13.8 Å². The van der Waals surface area contributed by atoms with Crippen LogP contribution in [0.25, 0.3) is 27.4 Å². The summed E-state index contributed by atoms with van der Waals surface area (Å²) in [6.45, 7) is 3.96. The van der Waals surface area contributed by atoms with Crippen LogP contribution in [0.15, 0.2) is 12.4 Å². The Morgan fingerprint density at radius 2 is 1.92 bits per heavy atom. The fourth-order valence-corrected chi connectivity index (χ4v) is 3.56. The van der Waals surface area contributed by atoms with E-state index in [1.165, 1.54) is 17.9 Å². The van der Waals surface area contributed by atoms with E-state index in [0.29, 0.717) is 5.65 Å². The number of hydrogen-bond acceptors (Lipinski definition) is 5. The molecule has 0 N–H and O–H groups in total. The van der Waals surface area contributed by atoms with Gasteiger partial charge in [-0.25, -0.2) is 14.5 Å². The molecule has 0 atom stereocenters. The van der Waals surface area contributed by atoms with Crippen LogP contribution in [-0.2, 0) is 13.2 Å². The van der Waals surface area contributed by atoms with Crippen molar-refractivity contribution in [3.05, 3.63) is 28.5 Å². The lowest BCUT2D eigenvalue weighted by Gasteiger charge is -1.98. The predicted molar refractivity (Wildman–Crippen MR) is 82.8 cm³/mol. The van der Waals surface area contributed by atoms with Crippen molar-refractivity contribution >= 4 is 27.2 Å². The van der Waals surface area contributed by atoms with Gasteiger partial charge in [-0.3, -0.25) is 4.68 Å². The smallest absolute Gasteiger partial charge is 0.264 e. The molecule has 0 saturated heterocycles. The summed E-state index contributed by atoms with van der Waals surface area (Å²) < 4.78 is 41.1. The quantitative estimate of drug-likeness (QED) is 0.527. The zero-order valence-electron chi connectivity index (χ0n) is 12.9. The molecule has 0 aliphatic rings. The summed E-state index contributed by atoms with van der Waals surface area (Å²) in [5.74, 6) is 0.179. The molecular weight excluding hydrogens is 341 g/mol. The third-order valence-electron chi connectivity index (χ3n) is 3.91. The molecule has 0 spiro atoms. The minimum Gasteiger partial charge on any atom is -0.264 e. The van der Waals surface area contributed by atoms with Crippen molar-refractivity contribution in [2.75, 3.05) is 0 Å². The van der Waals surface area contributed by atoms with E-state index in [4.69, 9.17) is 0 Å². The Kier molecular flexibility index (Phi) is 2.99. The van der Waals surface area contributed by atoms with E-state index in [2.05, 4.69) is 20.2 Å². The fraction of sp³-hybridized carbons (Fsp3) is 0.286. The van der Waals surface area contributed by atoms with E-state index in [0.717, 1.165) is 31.4 Å². The van der Waals surface area contributed by atoms with E-state index in [1.54, 1.807) is 11.3 Å². The molecule has 0 fully saturated rings. The highest BCUT2D eigenvalue weighted by Gasteiger charge is 2.35. The Bertz CT molecular complexity index is 1090. The molecule has 4 aromatic rings. The lowest BCUT2D eigenvalue weighted by molar-refractivity contribution is -0.141. The van der Waals surface area contributed by atoms with Gasteiger partial charge in [-0.05, 0) is 25.5 Å². The van der Waals surface area contributed by atoms with Gasteiger partial charge in [0.25, 0.3) is 0 Å². The largest absolute Gasteiger partial charge is 0.435 e. The van der Waals surface area contributed by atoms with Crippen molar-refractivity contribution in [1.82, 2.24) is 29.4 Å². The summed E-state index contributed by atoms with van der Waals surface area (Å²) in [4.78, 5) is 10.7. The highest BCUT2D eigenvalue weighted by molar-refractivity contribution is 7.18. The Morgan fingerprint density at radius 3 is 2.58 bits per heavy atom. The van der Waals surface area contributed by atoms with Gasteiger partial charge in [-0.15, -0.1) is 16.4 Å². The number of hydrogen-bond donors (Lipinski definition) is 0. The minimum absolute atomic E-state index is 0.179. The molecule has 4 heterocycles. The topological polar surface area (TPSA) is 60.9 Å². The van der Waals surface area contributed by atoms with Gasteiger partial charge in [0.15, 0.2) is 17.2 Å². The second kappa shape index (κ2) is 4.76. The molecule has 24 heavy (non-hydrogen) atoms. The molecule has 10 heteroatoms. The van der Waals surface area contributed by atoms with E-state index in [1.807, 2.05) is 13.8 Å². The number of fused-ring (bicyclic) bond motifs is 3. The van der Waals surface area contributed by atoms with Gasteiger partial charge < -0.3 is 0 Å². The van der Waals surface area contributed by atoms with Gasteiger partial charge in [0.05, 0.1) is 5.39 Å². The van der Waals surface area contributed by atoms with E-state index < -0.39 is 11.9 Å². The number of halogens is 3. The second-order valence-corrected chi connectivity index (χ2v) is 6.65. The number of aryl methyl sites for hydroxylation is 3. The zero-order chi connectivity index (χ0) is 17.2. The molecule has 0 aliphatic carbocycles. The summed E-state index contributed by atoms with van der Waals surface area (Å²) >= 11 is 1.55. The number of rotatable bonds is 1. The van der Waals surface area contributed by atoms with Gasteiger partial charge >= 0.3 is 6.18 Å². The Hall–Kier alpha value is -2.49. The van der Waals surface area contributed by atoms with E-state index in [-0.39, 0.29) is 11.5 Å². The van der Waals surface area contributed by atoms with Crippen molar-refractivity contribution in [1.29, 1.82) is 0 Å². The van der Waals surface area contributed by atoms with Crippen molar-refractivity contribution in [2.24, 2.45) is 7.05 Å². The Balaban J connectivity index is 1.96. The highest BCUT2D eigenvalue weighted by Crippen LogP contribution is 2.33. The predicted octanol–water partition coefficient (Wildman–Crippen LogP) is 3.38. The maximum absolute atomic E-state index is 12.8. The average Bonchev–Trinajstić information content (AvgIpc) is 3.14. The van der Waals surface area contributed by atoms with E-state index >= 15 is 0 Å². The van der Waals surface area contributed by atoms with Gasteiger partial charge in [-0.2, -0.15) is 18.3 Å². The molecule has 0 aliphatic heterocycles. The minimum atomic E-state index is -4.51. The lowest BCUT2D eigenvalue weighted by atomic mass is 10.2. The molecule has 4 aromatic heterocycles. The number of alkyl halides is 3. The summed E-state index contributed by atoms with van der Waals surface area (Å²) in [6, 6.07) is 0.950. The molecule has 0 radical (unpaired) electrons. The SMILES string of the molecule is Cc1sc2ncn3nc(-c4cc(C(F)(F)F)nn4C)nc3c2c1C. The van der Waals surface area contributed by atoms with Crippen molar-refractivity contribution in [2.45, 2.75) is 20.0 Å². The molecular formula is C14H11F3N6S. The monoisotopic (exact) mass is 352 g/mol. The van der Waals surface area contributed by atoms with Crippen LogP contribution in [0.1, 0.15) is 16.1 Å². The standard InChI is InChI=1S/C14H11F3N6S/c1-6-7(2)24-13-10(6)12-19-11(21-23(12)5-18-13)8-4-9(14(15,16)17)20-22(8)3/h4-5H,1-3H3. The van der Waals surface area contributed by atoms with Crippen LogP contribution >= 0.6 is 11.3 Å². The van der Waals surface area contributed by atoms with Gasteiger partial charge in [0.1, 0.15) is 16.9 Å². The molecule has 0 saturated carbocycles. The van der Waals surface area contributed by atoms with E-state index in [9.17, 15) is 13.2 Å². The van der Waals surface area contributed by atoms with Crippen LogP contribution in [0.3, 0.4) is 0 Å². The van der Waals surface area contributed by atoms with Crippen LogP contribution in [-0.4, -0.2) is 29.4 Å². The van der Waals surface area contributed by atoms with Crippen molar-refractivity contribution in [3.63, 3.8) is 0 Å². The molecule has 4 rings (SSSR count). The van der Waals surface area contributed by atoms with Crippen molar-refractivity contribution in [3.8, 4) is 11.5 Å². The highest BCUT2D eigenvalue weighted by atomic mass is 32.1. The summed E-state index contributed by atoms with van der Waals surface area (Å²) in [7, 11) is 1.43. The summed E-state index contributed by atoms with van der Waals surface area (Å²) in [6.07, 6.45) is -2.99. The molecule has 0 unspecified atom stereocenters. The summed E-state index contributed by atoms with van der Waals surface area (Å²) in [5, 5.41) is 8.63. The first-order chi connectivity index (χ1) is 11.3. The first-order valence-corrected chi connectivity index (χ1v) is 7.80. The zero-order valence-corrected chi connectivity index (χ0v) is 13.7. The second-order valence-electron chi connectivity index (χ2n) is 5.45. The number of aromatic nitrogens is 6. The van der Waals surface area contributed by atoms with Crippen LogP contribution in [0.2, 0.25) is 0 Å². The molecule has 124 valence electrons. The lowest BCUT2D eigenvalue weighted by Crippen LogP contribution is -2.06.